The van der Waals surface area contributed by atoms with Crippen molar-refractivity contribution in [3.8, 4) is 0 Å². The lowest BCUT2D eigenvalue weighted by atomic mass is 9.47. The molecule has 2 spiro atoms. The zero-order valence-electron chi connectivity index (χ0n) is 26.2. The summed E-state index contributed by atoms with van der Waals surface area (Å²) in [6.45, 7) is 2.01. The van der Waals surface area contributed by atoms with E-state index in [1.54, 1.807) is 0 Å². The van der Waals surface area contributed by atoms with Gasteiger partial charge < -0.3 is 33.8 Å². The lowest BCUT2D eigenvalue weighted by molar-refractivity contribution is 0.0483. The van der Waals surface area contributed by atoms with Crippen LogP contribution in [0.3, 0.4) is 0 Å². The molecule has 5 aromatic rings. The lowest BCUT2D eigenvalue weighted by Crippen LogP contribution is -2.74. The second kappa shape index (κ2) is 8.15. The monoisotopic (exact) mass is 614 g/mol. The van der Waals surface area contributed by atoms with Crippen molar-refractivity contribution < 1.29 is 4.42 Å². The van der Waals surface area contributed by atoms with Gasteiger partial charge in [0.05, 0.1) is 16.5 Å². The van der Waals surface area contributed by atoms with Gasteiger partial charge in [0.1, 0.15) is 24.1 Å². The van der Waals surface area contributed by atoms with Crippen LogP contribution < -0.4 is 14.7 Å². The predicted octanol–water partition coefficient (Wildman–Crippen LogP) is 7.03. The molecular weight excluding hydrogens is 580 g/mol. The highest BCUT2D eigenvalue weighted by atomic mass is 16.3. The van der Waals surface area contributed by atoms with Gasteiger partial charge in [-0.25, -0.2) is 0 Å². The van der Waals surface area contributed by atoms with E-state index in [0.29, 0.717) is 0 Å². The highest BCUT2D eigenvalue weighted by Crippen LogP contribution is 2.71. The molecule has 5 unspecified atom stereocenters. The number of benzene rings is 4. The van der Waals surface area contributed by atoms with Crippen molar-refractivity contribution in [1.29, 1.82) is 0 Å². The Kier molecular flexibility index (Phi) is 4.31. The molecule has 4 aromatic carbocycles. The second-order valence-electron chi connectivity index (χ2n) is 14.3. The van der Waals surface area contributed by atoms with E-state index in [0.717, 1.165) is 37.1 Å². The molecule has 7 aliphatic heterocycles. The van der Waals surface area contributed by atoms with Crippen LogP contribution in [0.2, 0.25) is 0 Å². The normalized spacial score (nSPS) is 30.2. The molecule has 0 radical (unpaired) electrons. The van der Waals surface area contributed by atoms with Gasteiger partial charge in [-0.1, -0.05) is 66.7 Å². The van der Waals surface area contributed by atoms with Gasteiger partial charge in [0, 0.05) is 85.9 Å². The molecule has 1 saturated heterocycles. The maximum absolute atomic E-state index is 6.93. The first-order valence-electron chi connectivity index (χ1n) is 17.0. The SMILES string of the molecule is CN1C=CN2c3c(ccc4c3oc3ccccc34)C3(CC12)C1N2C=CN1c1ccccc1C31c3ccccc3N3C=CN(CCC2)C31. The molecule has 1 fully saturated rings. The van der Waals surface area contributed by atoms with Crippen LogP contribution in [-0.2, 0) is 10.8 Å². The number of fused-ring (bicyclic) bond motifs is 11. The number of hydrogen-bond donors (Lipinski definition) is 0. The minimum Gasteiger partial charge on any atom is -0.454 e. The van der Waals surface area contributed by atoms with E-state index in [9.17, 15) is 0 Å². The van der Waals surface area contributed by atoms with Crippen molar-refractivity contribution in [2.45, 2.75) is 42.2 Å². The maximum atomic E-state index is 6.93. The van der Waals surface area contributed by atoms with Gasteiger partial charge in [0.15, 0.2) is 5.58 Å². The van der Waals surface area contributed by atoms with Crippen LogP contribution in [0.15, 0.2) is 127 Å². The summed E-state index contributed by atoms with van der Waals surface area (Å²) in [6, 6.07) is 32.0. The summed E-state index contributed by atoms with van der Waals surface area (Å²) in [6.07, 6.45) is 16.4. The Bertz CT molecular complexity index is 2290. The van der Waals surface area contributed by atoms with Crippen molar-refractivity contribution in [1.82, 2.24) is 14.7 Å². The third-order valence-corrected chi connectivity index (χ3v) is 12.6. The van der Waals surface area contributed by atoms with Gasteiger partial charge in [0.2, 0.25) is 0 Å². The molecule has 230 valence electrons. The molecule has 8 heterocycles. The van der Waals surface area contributed by atoms with Crippen LogP contribution in [0.5, 0.6) is 0 Å². The smallest absolute Gasteiger partial charge is 0.159 e. The first kappa shape index (κ1) is 24.9. The Morgan fingerprint density at radius 2 is 1.28 bits per heavy atom. The molecule has 0 amide bonds. The Balaban J connectivity index is 1.31. The van der Waals surface area contributed by atoms with Gasteiger partial charge >= 0.3 is 0 Å². The summed E-state index contributed by atoms with van der Waals surface area (Å²) in [5.41, 5.74) is 9.24. The van der Waals surface area contributed by atoms with E-state index in [4.69, 9.17) is 4.42 Å². The topological polar surface area (TPSA) is 32.6 Å². The molecule has 5 atom stereocenters. The van der Waals surface area contributed by atoms with Crippen LogP contribution in [-0.4, -0.2) is 53.3 Å². The van der Waals surface area contributed by atoms with Crippen molar-refractivity contribution in [3.05, 3.63) is 139 Å². The van der Waals surface area contributed by atoms with Crippen molar-refractivity contribution in [2.24, 2.45) is 0 Å². The van der Waals surface area contributed by atoms with Gasteiger partial charge in [-0.05, 0) is 41.3 Å². The zero-order chi connectivity index (χ0) is 30.6. The molecule has 47 heavy (non-hydrogen) atoms. The van der Waals surface area contributed by atoms with Gasteiger partial charge in [-0.15, -0.1) is 0 Å². The Labute approximate surface area is 273 Å². The maximum Gasteiger partial charge on any atom is 0.159 e. The molecule has 7 nitrogen and oxygen atoms in total. The van der Waals surface area contributed by atoms with E-state index >= 15 is 0 Å². The fourth-order valence-electron chi connectivity index (χ4n) is 11.0. The zero-order valence-corrected chi connectivity index (χ0v) is 26.2. The lowest BCUT2D eigenvalue weighted by Gasteiger charge is -2.65. The Hall–Kier alpha value is -5.30. The summed E-state index contributed by atoms with van der Waals surface area (Å²) in [4.78, 5) is 15.5. The van der Waals surface area contributed by atoms with E-state index in [1.807, 2.05) is 0 Å². The number of anilines is 3. The highest BCUT2D eigenvalue weighted by molar-refractivity contribution is 6.10. The number of hydrogen-bond acceptors (Lipinski definition) is 7. The van der Waals surface area contributed by atoms with Crippen LogP contribution in [0.4, 0.5) is 17.1 Å². The standard InChI is InChI=1S/C40H34N6O/c1-41-19-22-46-34(41)25-39(30-16-15-27-26-9-2-7-14-33(26)47-36(27)35(30)46)37-42-17-8-18-43-21-24-45-32-13-6-4-11-29(32)40(39,38(43)45)28-10-3-5-12-31(28)44(37)23-20-42/h2-7,9-16,19-24,34,37-38H,8,17-18,25H2,1H3. The summed E-state index contributed by atoms with van der Waals surface area (Å²) in [5, 5.41) is 2.36. The quantitative estimate of drug-likeness (QED) is 0.185. The predicted molar refractivity (Wildman–Crippen MR) is 186 cm³/mol. The van der Waals surface area contributed by atoms with E-state index < -0.39 is 5.41 Å². The fourth-order valence-corrected chi connectivity index (χ4v) is 11.0. The molecule has 0 aliphatic carbocycles. The summed E-state index contributed by atoms with van der Waals surface area (Å²) < 4.78 is 6.93. The molecule has 2 bridgehead atoms. The summed E-state index contributed by atoms with van der Waals surface area (Å²) in [7, 11) is 2.25. The van der Waals surface area contributed by atoms with E-state index in [2.05, 4.69) is 159 Å². The average molecular weight is 615 g/mol. The van der Waals surface area contributed by atoms with Crippen LogP contribution in [0.1, 0.15) is 29.5 Å². The van der Waals surface area contributed by atoms with Gasteiger partial charge in [0.25, 0.3) is 0 Å². The second-order valence-corrected chi connectivity index (χ2v) is 14.3. The van der Waals surface area contributed by atoms with Crippen molar-refractivity contribution >= 4 is 39.0 Å². The molecule has 7 heteroatoms. The number of para-hydroxylation sites is 3. The van der Waals surface area contributed by atoms with Crippen molar-refractivity contribution in [2.75, 3.05) is 34.8 Å². The number of nitrogens with zero attached hydrogens (tertiary/aromatic N) is 6. The van der Waals surface area contributed by atoms with Gasteiger partial charge in [-0.2, -0.15) is 0 Å². The summed E-state index contributed by atoms with van der Waals surface area (Å²) in [5.74, 6) is 0. The number of rotatable bonds is 0. The Morgan fingerprint density at radius 1 is 0.617 bits per heavy atom. The summed E-state index contributed by atoms with van der Waals surface area (Å²) >= 11 is 0. The third kappa shape index (κ3) is 2.58. The molecule has 0 saturated carbocycles. The Morgan fingerprint density at radius 3 is 2.06 bits per heavy atom. The van der Waals surface area contributed by atoms with Crippen LogP contribution in [0, 0.1) is 0 Å². The first-order valence-corrected chi connectivity index (χ1v) is 17.0. The van der Waals surface area contributed by atoms with Crippen LogP contribution in [0.25, 0.3) is 21.9 Å². The third-order valence-electron chi connectivity index (χ3n) is 12.6. The largest absolute Gasteiger partial charge is 0.454 e. The molecular formula is C40H34N6O. The molecule has 12 rings (SSSR count). The van der Waals surface area contributed by atoms with Crippen LogP contribution >= 0.6 is 0 Å². The minimum absolute atomic E-state index is 0.0858. The average Bonchev–Trinajstić information content (AvgIpc) is 3.92. The fraction of sp³-hybridized carbons (Fsp3) is 0.250. The molecule has 0 N–H and O–H groups in total. The number of furan rings is 1. The minimum atomic E-state index is -0.399. The van der Waals surface area contributed by atoms with E-state index in [-0.39, 0.29) is 23.9 Å². The highest BCUT2D eigenvalue weighted by Gasteiger charge is 2.75. The molecule has 1 aromatic heterocycles. The molecule has 7 aliphatic rings. The first-order chi connectivity index (χ1) is 23.2. The van der Waals surface area contributed by atoms with Gasteiger partial charge in [-0.3, -0.25) is 0 Å². The van der Waals surface area contributed by atoms with E-state index in [1.165, 1.54) is 44.5 Å². The van der Waals surface area contributed by atoms with Crippen molar-refractivity contribution in [3.63, 3.8) is 0 Å².